The van der Waals surface area contributed by atoms with Crippen molar-refractivity contribution < 1.29 is 19.9 Å². The molecule has 0 radical (unpaired) electrons. The predicted molar refractivity (Wildman–Crippen MR) is 106 cm³/mol. The lowest BCUT2D eigenvalue weighted by atomic mass is 9.68. The molecule has 1 aliphatic carbocycles. The Morgan fingerprint density at radius 2 is 2.04 bits per heavy atom. The molecule has 1 amide bonds. The summed E-state index contributed by atoms with van der Waals surface area (Å²) in [5.41, 5.74) is 3.86. The second kappa shape index (κ2) is 8.34. The number of rotatable bonds is 5. The van der Waals surface area contributed by atoms with E-state index in [9.17, 15) is 9.90 Å². The fourth-order valence-electron chi connectivity index (χ4n) is 3.58. The van der Waals surface area contributed by atoms with Gasteiger partial charge in [-0.1, -0.05) is 36.1 Å². The van der Waals surface area contributed by atoms with Crippen LogP contribution < -0.4 is 5.48 Å². The van der Waals surface area contributed by atoms with E-state index in [-0.39, 0.29) is 12.0 Å². The highest BCUT2D eigenvalue weighted by atomic mass is 16.6. The highest BCUT2D eigenvalue weighted by Gasteiger charge is 2.37. The molecule has 1 aliphatic heterocycles. The fourth-order valence-corrected chi connectivity index (χ4v) is 3.58. The van der Waals surface area contributed by atoms with E-state index in [2.05, 4.69) is 17.0 Å². The average molecular weight is 384 g/mol. The molecule has 1 aromatic rings. The van der Waals surface area contributed by atoms with Crippen molar-refractivity contribution >= 4 is 11.6 Å². The van der Waals surface area contributed by atoms with Crippen molar-refractivity contribution in [3.8, 4) is 11.8 Å². The van der Waals surface area contributed by atoms with Crippen molar-refractivity contribution in [2.45, 2.75) is 58.2 Å². The zero-order chi connectivity index (χ0) is 20.3. The van der Waals surface area contributed by atoms with Gasteiger partial charge in [0.15, 0.2) is 0 Å². The molecular formula is C22H28N2O4. The monoisotopic (exact) mass is 384 g/mol. The van der Waals surface area contributed by atoms with Crippen LogP contribution in [0.4, 0.5) is 0 Å². The molecule has 1 saturated carbocycles. The van der Waals surface area contributed by atoms with Crippen molar-refractivity contribution in [2.24, 2.45) is 22.9 Å². The Hall–Kier alpha value is -2.36. The van der Waals surface area contributed by atoms with Gasteiger partial charge in [-0.3, -0.25) is 10.0 Å². The number of benzene rings is 1. The molecular weight excluding hydrogens is 356 g/mol. The van der Waals surface area contributed by atoms with E-state index in [1.807, 2.05) is 38.1 Å². The van der Waals surface area contributed by atoms with E-state index >= 15 is 0 Å². The van der Waals surface area contributed by atoms with Gasteiger partial charge in [0, 0.05) is 23.8 Å². The fraction of sp³-hybridized carbons (Fsp3) is 0.545. The summed E-state index contributed by atoms with van der Waals surface area (Å²) in [5.74, 6) is 6.46. The van der Waals surface area contributed by atoms with Gasteiger partial charge in [0.2, 0.25) is 5.91 Å². The van der Waals surface area contributed by atoms with Gasteiger partial charge in [-0.15, -0.1) is 0 Å². The molecule has 0 bridgehead atoms. The minimum atomic E-state index is -0.610. The molecule has 28 heavy (non-hydrogen) atoms. The Bertz CT molecular complexity index is 793. The summed E-state index contributed by atoms with van der Waals surface area (Å²) in [7, 11) is 0. The van der Waals surface area contributed by atoms with Gasteiger partial charge in [-0.25, -0.2) is 5.48 Å². The molecule has 1 heterocycles. The van der Waals surface area contributed by atoms with Gasteiger partial charge in [0.05, 0.1) is 11.3 Å². The lowest BCUT2D eigenvalue weighted by Crippen LogP contribution is -2.40. The maximum atomic E-state index is 11.4. The number of hydroxylamine groups is 1. The zero-order valence-electron chi connectivity index (χ0n) is 16.6. The number of amides is 1. The second-order valence-corrected chi connectivity index (χ2v) is 8.45. The third-order valence-electron chi connectivity index (χ3n) is 5.68. The van der Waals surface area contributed by atoms with Crippen LogP contribution >= 0.6 is 0 Å². The van der Waals surface area contributed by atoms with Gasteiger partial charge in [0.1, 0.15) is 6.10 Å². The molecule has 150 valence electrons. The minimum Gasteiger partial charge on any atom is -0.392 e. The molecule has 0 saturated heterocycles. The van der Waals surface area contributed by atoms with Crippen molar-refractivity contribution in [1.29, 1.82) is 0 Å². The molecule has 2 aliphatic rings. The molecule has 1 aromatic carbocycles. The number of hydrogen-bond acceptors (Lipinski definition) is 5. The van der Waals surface area contributed by atoms with Crippen molar-refractivity contribution in [3.63, 3.8) is 0 Å². The Balaban J connectivity index is 1.51. The number of nitrogens with one attached hydrogen (secondary N) is 1. The second-order valence-electron chi connectivity index (χ2n) is 8.45. The van der Waals surface area contributed by atoms with Crippen LogP contribution in [0.1, 0.15) is 57.6 Å². The van der Waals surface area contributed by atoms with Crippen molar-refractivity contribution in [3.05, 3.63) is 35.4 Å². The number of hydrogen-bond donors (Lipinski definition) is 3. The molecule has 3 N–H and O–H groups in total. The topological polar surface area (TPSA) is 91.2 Å². The lowest BCUT2D eigenvalue weighted by Gasteiger charge is -2.40. The number of nitrogens with zero attached hydrogens (tertiary/aromatic N) is 1. The molecule has 1 fully saturated rings. The molecule has 0 aromatic heterocycles. The third-order valence-corrected chi connectivity index (χ3v) is 5.68. The van der Waals surface area contributed by atoms with Gasteiger partial charge in [-0.05, 0) is 56.7 Å². The molecule has 0 spiro atoms. The maximum absolute atomic E-state index is 11.4. The van der Waals surface area contributed by atoms with Crippen molar-refractivity contribution in [1.82, 2.24) is 5.48 Å². The van der Waals surface area contributed by atoms with E-state index in [0.717, 1.165) is 29.7 Å². The normalized spacial score (nSPS) is 24.9. The molecule has 6 heteroatoms. The van der Waals surface area contributed by atoms with E-state index in [4.69, 9.17) is 10.0 Å². The van der Waals surface area contributed by atoms with Gasteiger partial charge >= 0.3 is 0 Å². The maximum Gasteiger partial charge on any atom is 0.246 e. The Labute approximate surface area is 165 Å². The third kappa shape index (κ3) is 4.92. The van der Waals surface area contributed by atoms with E-state index in [0.29, 0.717) is 24.7 Å². The summed E-state index contributed by atoms with van der Waals surface area (Å²) in [5, 5.41) is 22.8. The summed E-state index contributed by atoms with van der Waals surface area (Å²) in [4.78, 5) is 16.8. The first kappa shape index (κ1) is 20.4. The summed E-state index contributed by atoms with van der Waals surface area (Å²) in [6, 6.07) is 7.93. The quantitative estimate of drug-likeness (QED) is 0.414. The Morgan fingerprint density at radius 1 is 1.36 bits per heavy atom. The number of carbonyl (C=O) groups is 1. The summed E-state index contributed by atoms with van der Waals surface area (Å²) in [6.07, 6.45) is 2.88. The number of aliphatic hydroxyl groups is 1. The van der Waals surface area contributed by atoms with Crippen LogP contribution in [-0.2, 0) is 9.63 Å². The van der Waals surface area contributed by atoms with Gasteiger partial charge < -0.3 is 9.94 Å². The first-order chi connectivity index (χ1) is 13.3. The van der Waals surface area contributed by atoms with E-state index in [1.165, 1.54) is 0 Å². The summed E-state index contributed by atoms with van der Waals surface area (Å²) >= 11 is 0. The highest BCUT2D eigenvalue weighted by molar-refractivity contribution is 6.01. The largest absolute Gasteiger partial charge is 0.392 e. The molecule has 3 rings (SSSR count). The first-order valence-corrected chi connectivity index (χ1v) is 9.77. The standard InChI is InChI=1S/C22H28N2O4/c1-14(21(25)23-27)10-19-13-20(24-28-19)17-8-6-15(7-9-17)4-5-16-11-18(12-16)22(2,3)26/h6-9,14,16,18-19,26-27H,10-13H2,1-3H3,(H,23,25)/t14-,16?,18?,19-/m0/s1. The molecule has 6 nitrogen and oxygen atoms in total. The van der Waals surface area contributed by atoms with Crippen LogP contribution in [0.25, 0.3) is 0 Å². The molecule has 0 unspecified atom stereocenters. The SMILES string of the molecule is C[C@@H](C[C@H]1CC(c2ccc(C#CC3CC(C(C)(C)O)C3)cc2)=NO1)C(=O)NO. The number of carbonyl (C=O) groups excluding carboxylic acids is 1. The zero-order valence-corrected chi connectivity index (χ0v) is 16.6. The minimum absolute atomic E-state index is 0.163. The van der Waals surface area contributed by atoms with Gasteiger partial charge in [0.25, 0.3) is 0 Å². The van der Waals surface area contributed by atoms with Crippen LogP contribution in [0.2, 0.25) is 0 Å². The van der Waals surface area contributed by atoms with Crippen LogP contribution in [0.5, 0.6) is 0 Å². The van der Waals surface area contributed by atoms with Crippen molar-refractivity contribution in [2.75, 3.05) is 0 Å². The van der Waals surface area contributed by atoms with Crippen LogP contribution in [0.15, 0.2) is 29.4 Å². The van der Waals surface area contributed by atoms with Crippen LogP contribution in [-0.4, -0.2) is 33.6 Å². The smallest absolute Gasteiger partial charge is 0.246 e. The lowest BCUT2D eigenvalue weighted by molar-refractivity contribution is -0.134. The first-order valence-electron chi connectivity index (χ1n) is 9.77. The summed E-state index contributed by atoms with van der Waals surface area (Å²) in [6.45, 7) is 5.47. The van der Waals surface area contributed by atoms with Gasteiger partial charge in [-0.2, -0.15) is 0 Å². The van der Waals surface area contributed by atoms with Crippen LogP contribution in [0, 0.1) is 29.6 Å². The highest BCUT2D eigenvalue weighted by Crippen LogP contribution is 2.40. The number of oxime groups is 1. The summed E-state index contributed by atoms with van der Waals surface area (Å²) < 4.78 is 0. The van der Waals surface area contributed by atoms with E-state index in [1.54, 1.807) is 12.4 Å². The average Bonchev–Trinajstić information content (AvgIpc) is 3.07. The van der Waals surface area contributed by atoms with E-state index < -0.39 is 11.5 Å². The Morgan fingerprint density at radius 3 is 2.64 bits per heavy atom. The van der Waals surface area contributed by atoms with Crippen LogP contribution in [0.3, 0.4) is 0 Å². The Kier molecular flexibility index (Phi) is 6.07. The predicted octanol–water partition coefficient (Wildman–Crippen LogP) is 2.86. The molecule has 2 atom stereocenters.